The van der Waals surface area contributed by atoms with E-state index in [1.165, 1.54) is 0 Å². The summed E-state index contributed by atoms with van der Waals surface area (Å²) in [5.41, 5.74) is 1.75. The highest BCUT2D eigenvalue weighted by Gasteiger charge is 2.31. The average molecular weight is 311 g/mol. The van der Waals surface area contributed by atoms with Crippen molar-refractivity contribution in [2.45, 2.75) is 25.6 Å². The van der Waals surface area contributed by atoms with Gasteiger partial charge in [-0.2, -0.15) is 0 Å². The van der Waals surface area contributed by atoms with Crippen LogP contribution >= 0.6 is 11.6 Å². The third-order valence-corrected chi connectivity index (χ3v) is 4.12. The summed E-state index contributed by atoms with van der Waals surface area (Å²) < 4.78 is 10.5. The molecule has 0 unspecified atom stereocenters. The fourth-order valence-electron chi connectivity index (χ4n) is 2.58. The van der Waals surface area contributed by atoms with Crippen molar-refractivity contribution in [1.29, 1.82) is 0 Å². The predicted molar refractivity (Wildman–Crippen MR) is 79.8 cm³/mol. The molecule has 0 atom stereocenters. The maximum absolute atomic E-state index is 11.9. The van der Waals surface area contributed by atoms with Crippen LogP contribution in [0, 0.1) is 0 Å². The molecular formula is C13H16BClN2O4. The largest absolute Gasteiger partial charge is 0.493 e. The van der Waals surface area contributed by atoms with Crippen molar-refractivity contribution >= 4 is 36.0 Å². The molecule has 2 aliphatic heterocycles. The third kappa shape index (κ3) is 3.16. The molecule has 6 nitrogen and oxygen atoms in total. The van der Waals surface area contributed by atoms with E-state index in [1.807, 2.05) is 0 Å². The van der Waals surface area contributed by atoms with Crippen molar-refractivity contribution in [3.05, 3.63) is 22.7 Å². The zero-order chi connectivity index (χ0) is 14.8. The second-order valence-corrected chi connectivity index (χ2v) is 5.52. The van der Waals surface area contributed by atoms with Gasteiger partial charge in [0, 0.05) is 5.46 Å². The van der Waals surface area contributed by atoms with Crippen LogP contribution in [0.2, 0.25) is 5.02 Å². The summed E-state index contributed by atoms with van der Waals surface area (Å²) in [6.45, 7) is 2.01. The van der Waals surface area contributed by atoms with E-state index < -0.39 is 13.2 Å². The molecule has 1 aromatic rings. The van der Waals surface area contributed by atoms with Crippen LogP contribution in [0.15, 0.2) is 12.1 Å². The van der Waals surface area contributed by atoms with Crippen molar-refractivity contribution in [3.63, 3.8) is 0 Å². The van der Waals surface area contributed by atoms with Gasteiger partial charge in [-0.05, 0) is 37.6 Å². The molecule has 3 N–H and O–H groups in total. The highest BCUT2D eigenvalue weighted by Crippen LogP contribution is 2.25. The lowest BCUT2D eigenvalue weighted by Crippen LogP contribution is -2.35. The zero-order valence-corrected chi connectivity index (χ0v) is 12.2. The van der Waals surface area contributed by atoms with Gasteiger partial charge in [0.05, 0.1) is 17.3 Å². The van der Waals surface area contributed by atoms with Gasteiger partial charge in [-0.3, -0.25) is 5.32 Å². The highest BCUT2D eigenvalue weighted by molar-refractivity contribution is 6.66. The Morgan fingerprint density at radius 1 is 1.48 bits per heavy atom. The number of anilines is 1. The van der Waals surface area contributed by atoms with Gasteiger partial charge >= 0.3 is 13.2 Å². The van der Waals surface area contributed by atoms with Crippen LogP contribution in [0.3, 0.4) is 0 Å². The van der Waals surface area contributed by atoms with Crippen molar-refractivity contribution in [1.82, 2.24) is 5.32 Å². The molecule has 112 valence electrons. The molecule has 1 aromatic carbocycles. The van der Waals surface area contributed by atoms with Gasteiger partial charge in [-0.1, -0.05) is 17.7 Å². The van der Waals surface area contributed by atoms with Gasteiger partial charge < -0.3 is 19.7 Å². The monoisotopic (exact) mass is 310 g/mol. The fraction of sp³-hybridized carbons (Fsp3) is 0.462. The second-order valence-electron chi connectivity index (χ2n) is 5.14. The first kappa shape index (κ1) is 14.7. The molecule has 0 aromatic heterocycles. The lowest BCUT2D eigenvalue weighted by molar-refractivity contribution is 0.0909. The molecule has 8 heteroatoms. The Labute approximate surface area is 127 Å². The Morgan fingerprint density at radius 3 is 3.00 bits per heavy atom. The number of ether oxygens (including phenoxy) is 1. The Morgan fingerprint density at radius 2 is 2.24 bits per heavy atom. The summed E-state index contributed by atoms with van der Waals surface area (Å²) in [4.78, 5) is 11.9. The molecule has 1 amide bonds. The number of nitrogens with one attached hydrogen (secondary N) is 2. The maximum atomic E-state index is 11.9. The summed E-state index contributed by atoms with van der Waals surface area (Å²) in [6, 6.07) is 3.46. The van der Waals surface area contributed by atoms with Crippen LogP contribution < -0.4 is 16.1 Å². The van der Waals surface area contributed by atoms with Crippen LogP contribution in [-0.2, 0) is 16.0 Å². The van der Waals surface area contributed by atoms with Gasteiger partial charge in [0.15, 0.2) is 0 Å². The smallest absolute Gasteiger partial charge is 0.446 e. The van der Waals surface area contributed by atoms with Gasteiger partial charge in [-0.15, -0.1) is 0 Å². The number of halogens is 1. The Bertz CT molecular complexity index is 551. The molecule has 3 rings (SSSR count). The lowest BCUT2D eigenvalue weighted by Gasteiger charge is -2.23. The quantitative estimate of drug-likeness (QED) is 0.706. The van der Waals surface area contributed by atoms with Gasteiger partial charge in [0.1, 0.15) is 6.10 Å². The number of carbonyl (C=O) groups excluding carboxylic acids is 1. The molecule has 1 fully saturated rings. The molecule has 1 saturated heterocycles. The van der Waals surface area contributed by atoms with Gasteiger partial charge in [-0.25, -0.2) is 4.79 Å². The minimum Gasteiger partial charge on any atom is -0.446 e. The van der Waals surface area contributed by atoms with E-state index in [-0.39, 0.29) is 6.10 Å². The summed E-state index contributed by atoms with van der Waals surface area (Å²) >= 11 is 6.22. The number of hydrogen-bond acceptors (Lipinski definition) is 5. The van der Waals surface area contributed by atoms with E-state index in [0.29, 0.717) is 22.8 Å². The summed E-state index contributed by atoms with van der Waals surface area (Å²) in [5, 5.41) is 15.8. The summed E-state index contributed by atoms with van der Waals surface area (Å²) in [6.07, 6.45) is 1.00. The fourth-order valence-corrected chi connectivity index (χ4v) is 2.90. The molecule has 0 bridgehead atoms. The van der Waals surface area contributed by atoms with Crippen molar-refractivity contribution < 1.29 is 19.2 Å². The van der Waals surface area contributed by atoms with E-state index >= 15 is 0 Å². The number of rotatable bonds is 2. The van der Waals surface area contributed by atoms with Crippen molar-refractivity contribution in [2.75, 3.05) is 18.4 Å². The molecular weight excluding hydrogens is 294 g/mol. The minimum atomic E-state index is -1.05. The van der Waals surface area contributed by atoms with Crippen LogP contribution in [0.5, 0.6) is 0 Å². The SMILES string of the molecule is O=C(Nc1ccc2c(c1Cl)B(O)OC2)OC1CCNCC1. The first-order valence-corrected chi connectivity index (χ1v) is 7.32. The maximum Gasteiger partial charge on any atom is 0.493 e. The standard InChI is InChI=1S/C13H16BClN2O4/c15-12-10(2-1-8-7-20-14(19)11(8)12)17-13(18)21-9-3-5-16-6-4-9/h1-2,9,16,19H,3-7H2,(H,17,18). The molecule has 0 aliphatic carbocycles. The van der Waals surface area contributed by atoms with E-state index in [4.69, 9.17) is 21.0 Å². The van der Waals surface area contributed by atoms with Crippen molar-refractivity contribution in [3.8, 4) is 0 Å². The number of carbonyl (C=O) groups is 1. The number of piperidine rings is 1. The van der Waals surface area contributed by atoms with Gasteiger partial charge in [0.25, 0.3) is 0 Å². The Kier molecular flexibility index (Phi) is 4.35. The zero-order valence-electron chi connectivity index (χ0n) is 11.4. The summed E-state index contributed by atoms with van der Waals surface area (Å²) in [5.74, 6) is 0. The van der Waals surface area contributed by atoms with Crippen LogP contribution in [0.1, 0.15) is 18.4 Å². The number of fused-ring (bicyclic) bond motifs is 1. The normalized spacial score (nSPS) is 18.5. The first-order chi connectivity index (χ1) is 10.1. The topological polar surface area (TPSA) is 79.8 Å². The van der Waals surface area contributed by atoms with E-state index in [1.54, 1.807) is 12.1 Å². The third-order valence-electron chi connectivity index (χ3n) is 3.71. The molecule has 2 heterocycles. The highest BCUT2D eigenvalue weighted by atomic mass is 35.5. The molecule has 21 heavy (non-hydrogen) atoms. The van der Waals surface area contributed by atoms with Crippen LogP contribution in [0.25, 0.3) is 0 Å². The first-order valence-electron chi connectivity index (χ1n) is 6.94. The minimum absolute atomic E-state index is 0.0756. The number of amides is 1. The number of hydrogen-bond donors (Lipinski definition) is 3. The number of benzene rings is 1. The lowest BCUT2D eigenvalue weighted by atomic mass is 9.79. The van der Waals surface area contributed by atoms with E-state index in [0.717, 1.165) is 31.5 Å². The van der Waals surface area contributed by atoms with Crippen LogP contribution in [-0.4, -0.2) is 37.4 Å². The van der Waals surface area contributed by atoms with E-state index in [9.17, 15) is 9.82 Å². The summed E-state index contributed by atoms with van der Waals surface area (Å²) in [7, 11) is -1.05. The second kappa shape index (κ2) is 6.23. The molecule has 2 aliphatic rings. The average Bonchev–Trinajstić information content (AvgIpc) is 2.85. The molecule has 0 radical (unpaired) electrons. The Hall–Kier alpha value is -1.28. The molecule has 0 spiro atoms. The molecule has 0 saturated carbocycles. The van der Waals surface area contributed by atoms with E-state index in [2.05, 4.69) is 10.6 Å². The van der Waals surface area contributed by atoms with Gasteiger partial charge in [0.2, 0.25) is 0 Å². The Balaban J connectivity index is 1.67. The van der Waals surface area contributed by atoms with Crippen molar-refractivity contribution in [2.24, 2.45) is 0 Å². The predicted octanol–water partition coefficient (Wildman–Crippen LogP) is 0.858. The van der Waals surface area contributed by atoms with Crippen LogP contribution in [0.4, 0.5) is 10.5 Å².